The van der Waals surface area contributed by atoms with Crippen molar-refractivity contribution in [1.82, 2.24) is 5.32 Å². The maximum atomic E-state index is 9.55. The summed E-state index contributed by atoms with van der Waals surface area (Å²) in [5.41, 5.74) is 2.81. The zero-order chi connectivity index (χ0) is 14.5. The molecule has 0 aromatic heterocycles. The van der Waals surface area contributed by atoms with E-state index in [1.807, 2.05) is 13.0 Å². The molecule has 2 N–H and O–H groups in total. The quantitative estimate of drug-likeness (QED) is 0.839. The lowest BCUT2D eigenvalue weighted by atomic mass is 9.87. The first-order valence-electron chi connectivity index (χ1n) is 7.82. The number of benzene rings is 1. The van der Waals surface area contributed by atoms with E-state index >= 15 is 0 Å². The Labute approximate surface area is 122 Å². The summed E-state index contributed by atoms with van der Waals surface area (Å²) in [6.45, 7) is 6.91. The van der Waals surface area contributed by atoms with Gasteiger partial charge >= 0.3 is 0 Å². The minimum absolute atomic E-state index is 0.182. The van der Waals surface area contributed by atoms with E-state index in [1.54, 1.807) is 6.92 Å². The largest absolute Gasteiger partial charge is 0.488 e. The van der Waals surface area contributed by atoms with Crippen LogP contribution in [0.15, 0.2) is 18.2 Å². The smallest absolute Gasteiger partial charge is 0.121 e. The lowest BCUT2D eigenvalue weighted by Gasteiger charge is -2.27. The lowest BCUT2D eigenvalue weighted by molar-refractivity contribution is 0.0603. The molecular weight excluding hydrogens is 250 g/mol. The van der Waals surface area contributed by atoms with Crippen molar-refractivity contribution >= 4 is 0 Å². The summed E-state index contributed by atoms with van der Waals surface area (Å²) in [6, 6.07) is 6.81. The van der Waals surface area contributed by atoms with E-state index in [0.29, 0.717) is 6.04 Å². The SMILES string of the molecule is CCCNC1CCCc2ccc(OC(C)C(C)O)cc21. The Kier molecular flexibility index (Phi) is 5.44. The zero-order valence-electron chi connectivity index (χ0n) is 12.9. The number of hydrogen-bond acceptors (Lipinski definition) is 3. The van der Waals surface area contributed by atoms with E-state index in [-0.39, 0.29) is 6.10 Å². The molecule has 1 aliphatic rings. The van der Waals surface area contributed by atoms with E-state index in [4.69, 9.17) is 4.74 Å². The lowest BCUT2D eigenvalue weighted by Crippen LogP contribution is -2.27. The maximum Gasteiger partial charge on any atom is 0.121 e. The summed E-state index contributed by atoms with van der Waals surface area (Å²) < 4.78 is 5.82. The van der Waals surface area contributed by atoms with Gasteiger partial charge in [-0.2, -0.15) is 0 Å². The fourth-order valence-electron chi connectivity index (χ4n) is 2.69. The summed E-state index contributed by atoms with van der Waals surface area (Å²) in [4.78, 5) is 0. The summed E-state index contributed by atoms with van der Waals surface area (Å²) in [5, 5.41) is 13.2. The first kappa shape index (κ1) is 15.3. The number of aliphatic hydroxyl groups is 1. The molecule has 2 rings (SSSR count). The number of rotatable bonds is 6. The third-order valence-corrected chi connectivity index (χ3v) is 4.07. The third kappa shape index (κ3) is 3.74. The third-order valence-electron chi connectivity index (χ3n) is 4.07. The van der Waals surface area contributed by atoms with Crippen LogP contribution in [-0.4, -0.2) is 23.9 Å². The van der Waals surface area contributed by atoms with Crippen LogP contribution in [0.2, 0.25) is 0 Å². The summed E-state index contributed by atoms with van der Waals surface area (Å²) in [6.07, 6.45) is 4.12. The fourth-order valence-corrected chi connectivity index (χ4v) is 2.69. The van der Waals surface area contributed by atoms with Gasteiger partial charge in [-0.25, -0.2) is 0 Å². The van der Waals surface area contributed by atoms with E-state index in [9.17, 15) is 5.11 Å². The first-order valence-corrected chi connectivity index (χ1v) is 7.82. The molecule has 0 saturated heterocycles. The number of nitrogens with one attached hydrogen (secondary N) is 1. The highest BCUT2D eigenvalue weighted by Crippen LogP contribution is 2.32. The molecule has 1 aliphatic carbocycles. The van der Waals surface area contributed by atoms with Crippen LogP contribution in [0.5, 0.6) is 5.75 Å². The van der Waals surface area contributed by atoms with E-state index in [2.05, 4.69) is 24.4 Å². The van der Waals surface area contributed by atoms with Crippen molar-refractivity contribution in [3.8, 4) is 5.75 Å². The second-order valence-electron chi connectivity index (χ2n) is 5.82. The predicted octanol–water partition coefficient (Wildman–Crippen LogP) is 3.21. The standard InChI is InChI=1S/C17H27NO2/c1-4-10-18-17-7-5-6-14-8-9-15(11-16(14)17)20-13(3)12(2)19/h8-9,11-13,17-19H,4-7,10H2,1-3H3. The Morgan fingerprint density at radius 2 is 2.20 bits per heavy atom. The van der Waals surface area contributed by atoms with Crippen LogP contribution in [0.4, 0.5) is 0 Å². The van der Waals surface area contributed by atoms with Gasteiger partial charge in [0, 0.05) is 6.04 Å². The second kappa shape index (κ2) is 7.09. The van der Waals surface area contributed by atoms with E-state index in [1.165, 1.54) is 24.0 Å². The molecule has 0 saturated carbocycles. The number of aliphatic hydroxyl groups excluding tert-OH is 1. The van der Waals surface area contributed by atoms with Gasteiger partial charge in [0.05, 0.1) is 6.10 Å². The van der Waals surface area contributed by atoms with Crippen molar-refractivity contribution in [2.45, 2.75) is 64.7 Å². The molecule has 0 spiro atoms. The summed E-state index contributed by atoms with van der Waals surface area (Å²) >= 11 is 0. The molecule has 1 aromatic carbocycles. The van der Waals surface area contributed by atoms with Gasteiger partial charge in [0.2, 0.25) is 0 Å². The van der Waals surface area contributed by atoms with Gasteiger partial charge in [0.1, 0.15) is 11.9 Å². The molecule has 0 fully saturated rings. The van der Waals surface area contributed by atoms with Crippen LogP contribution in [0.1, 0.15) is 57.2 Å². The van der Waals surface area contributed by atoms with Crippen molar-refractivity contribution in [2.24, 2.45) is 0 Å². The van der Waals surface area contributed by atoms with Gasteiger partial charge in [-0.15, -0.1) is 0 Å². The molecule has 3 heteroatoms. The fraction of sp³-hybridized carbons (Fsp3) is 0.647. The molecule has 20 heavy (non-hydrogen) atoms. The van der Waals surface area contributed by atoms with Crippen molar-refractivity contribution in [3.63, 3.8) is 0 Å². The normalized spacial score (nSPS) is 21.1. The van der Waals surface area contributed by atoms with Gasteiger partial charge in [-0.1, -0.05) is 13.0 Å². The number of aryl methyl sites for hydroxylation is 1. The Hall–Kier alpha value is -1.06. The van der Waals surface area contributed by atoms with Crippen molar-refractivity contribution in [2.75, 3.05) is 6.54 Å². The number of hydrogen-bond donors (Lipinski definition) is 2. The Bertz CT molecular complexity index is 431. The van der Waals surface area contributed by atoms with Gasteiger partial charge in [-0.3, -0.25) is 0 Å². The highest BCUT2D eigenvalue weighted by molar-refractivity contribution is 5.39. The Morgan fingerprint density at radius 1 is 1.40 bits per heavy atom. The molecule has 1 aromatic rings. The van der Waals surface area contributed by atoms with Crippen LogP contribution in [0.25, 0.3) is 0 Å². The topological polar surface area (TPSA) is 41.5 Å². The van der Waals surface area contributed by atoms with E-state index in [0.717, 1.165) is 25.1 Å². The molecular formula is C17H27NO2. The molecule has 0 amide bonds. The van der Waals surface area contributed by atoms with Crippen molar-refractivity contribution in [1.29, 1.82) is 0 Å². The summed E-state index contributed by atoms with van der Waals surface area (Å²) in [7, 11) is 0. The van der Waals surface area contributed by atoms with E-state index < -0.39 is 6.10 Å². The highest BCUT2D eigenvalue weighted by Gasteiger charge is 2.20. The van der Waals surface area contributed by atoms with Crippen molar-refractivity contribution < 1.29 is 9.84 Å². The van der Waals surface area contributed by atoms with Crippen LogP contribution in [-0.2, 0) is 6.42 Å². The molecule has 3 unspecified atom stereocenters. The van der Waals surface area contributed by atoms with Crippen LogP contribution in [0, 0.1) is 0 Å². The van der Waals surface area contributed by atoms with Gasteiger partial charge in [-0.05, 0) is 69.3 Å². The molecule has 0 heterocycles. The second-order valence-corrected chi connectivity index (χ2v) is 5.82. The monoisotopic (exact) mass is 277 g/mol. The predicted molar refractivity (Wildman–Crippen MR) is 82.2 cm³/mol. The molecule has 0 bridgehead atoms. The Balaban J connectivity index is 2.14. The number of ether oxygens (including phenoxy) is 1. The zero-order valence-corrected chi connectivity index (χ0v) is 12.9. The molecule has 3 atom stereocenters. The molecule has 112 valence electrons. The summed E-state index contributed by atoms with van der Waals surface area (Å²) in [5.74, 6) is 0.863. The maximum absolute atomic E-state index is 9.55. The van der Waals surface area contributed by atoms with Gasteiger partial charge < -0.3 is 15.2 Å². The van der Waals surface area contributed by atoms with Gasteiger partial charge in [0.25, 0.3) is 0 Å². The molecule has 3 nitrogen and oxygen atoms in total. The Morgan fingerprint density at radius 3 is 2.90 bits per heavy atom. The minimum atomic E-state index is -0.458. The average Bonchev–Trinajstić information content (AvgIpc) is 2.44. The highest BCUT2D eigenvalue weighted by atomic mass is 16.5. The molecule has 0 aliphatic heterocycles. The minimum Gasteiger partial charge on any atom is -0.488 e. The van der Waals surface area contributed by atoms with Crippen LogP contribution in [0.3, 0.4) is 0 Å². The van der Waals surface area contributed by atoms with Gasteiger partial charge in [0.15, 0.2) is 0 Å². The van der Waals surface area contributed by atoms with Crippen LogP contribution < -0.4 is 10.1 Å². The van der Waals surface area contributed by atoms with Crippen LogP contribution >= 0.6 is 0 Å². The van der Waals surface area contributed by atoms with Crippen molar-refractivity contribution in [3.05, 3.63) is 29.3 Å². The first-order chi connectivity index (χ1) is 9.61. The average molecular weight is 277 g/mol. The molecule has 0 radical (unpaired) electrons. The number of fused-ring (bicyclic) bond motifs is 1.